The van der Waals surface area contributed by atoms with Gasteiger partial charge in [-0.15, -0.1) is 0 Å². The van der Waals surface area contributed by atoms with Gasteiger partial charge in [-0.05, 0) is 39.9 Å². The minimum atomic E-state index is 0.506. The van der Waals surface area contributed by atoms with E-state index in [0.29, 0.717) is 6.04 Å². The number of nitrogens with zero attached hydrogens (tertiary/aromatic N) is 1. The second-order valence-electron chi connectivity index (χ2n) is 4.65. The van der Waals surface area contributed by atoms with Gasteiger partial charge in [0.25, 0.3) is 0 Å². The van der Waals surface area contributed by atoms with Gasteiger partial charge in [-0.3, -0.25) is 4.90 Å². The van der Waals surface area contributed by atoms with E-state index in [-0.39, 0.29) is 0 Å². The summed E-state index contributed by atoms with van der Waals surface area (Å²) < 4.78 is 10.4. The van der Waals surface area contributed by atoms with Crippen LogP contribution in [0.1, 0.15) is 25.8 Å². The normalized spacial score (nSPS) is 13.1. The predicted molar refractivity (Wildman–Crippen MR) is 73.6 cm³/mol. The molecule has 4 nitrogen and oxygen atoms in total. The molecule has 0 radical (unpaired) electrons. The molecule has 0 aliphatic rings. The quantitative estimate of drug-likeness (QED) is 0.649. The van der Waals surface area contributed by atoms with Crippen LogP contribution in [0.5, 0.6) is 0 Å². The molecule has 18 heavy (non-hydrogen) atoms. The SMILES string of the molecule is CCOCCCNCC(C)N(C)Cc1ccoc1. The topological polar surface area (TPSA) is 37.6 Å². The van der Waals surface area contributed by atoms with E-state index in [2.05, 4.69) is 24.2 Å². The lowest BCUT2D eigenvalue weighted by Gasteiger charge is -2.24. The van der Waals surface area contributed by atoms with Gasteiger partial charge in [0, 0.05) is 37.9 Å². The Hall–Kier alpha value is -0.840. The maximum Gasteiger partial charge on any atom is 0.0947 e. The molecule has 0 bridgehead atoms. The van der Waals surface area contributed by atoms with Crippen LogP contribution in [0.2, 0.25) is 0 Å². The molecule has 1 atom stereocenters. The second kappa shape index (κ2) is 9.14. The molecule has 0 spiro atoms. The zero-order chi connectivity index (χ0) is 13.2. The molecule has 1 aromatic heterocycles. The number of hydrogen-bond donors (Lipinski definition) is 1. The maximum absolute atomic E-state index is 5.30. The van der Waals surface area contributed by atoms with Crippen LogP contribution in [-0.2, 0) is 11.3 Å². The van der Waals surface area contributed by atoms with Gasteiger partial charge in [-0.25, -0.2) is 0 Å². The highest BCUT2D eigenvalue weighted by Gasteiger charge is 2.09. The third kappa shape index (κ3) is 6.19. The summed E-state index contributed by atoms with van der Waals surface area (Å²) in [6, 6.07) is 2.52. The first kappa shape index (κ1) is 15.2. The lowest BCUT2D eigenvalue weighted by atomic mass is 10.2. The zero-order valence-electron chi connectivity index (χ0n) is 11.8. The van der Waals surface area contributed by atoms with E-state index in [1.165, 1.54) is 5.56 Å². The maximum atomic E-state index is 5.30. The summed E-state index contributed by atoms with van der Waals surface area (Å²) in [6.07, 6.45) is 4.60. The van der Waals surface area contributed by atoms with E-state index in [9.17, 15) is 0 Å². The Labute approximate surface area is 110 Å². The molecule has 1 heterocycles. The first-order chi connectivity index (χ1) is 8.74. The van der Waals surface area contributed by atoms with Crippen molar-refractivity contribution in [3.63, 3.8) is 0 Å². The van der Waals surface area contributed by atoms with Gasteiger partial charge < -0.3 is 14.5 Å². The van der Waals surface area contributed by atoms with Crippen LogP contribution in [0.15, 0.2) is 23.0 Å². The summed E-state index contributed by atoms with van der Waals surface area (Å²) in [6.45, 7) is 8.87. The van der Waals surface area contributed by atoms with Gasteiger partial charge >= 0.3 is 0 Å². The molecule has 4 heteroatoms. The first-order valence-corrected chi connectivity index (χ1v) is 6.73. The minimum Gasteiger partial charge on any atom is -0.472 e. The first-order valence-electron chi connectivity index (χ1n) is 6.73. The van der Waals surface area contributed by atoms with Gasteiger partial charge in [0.1, 0.15) is 0 Å². The van der Waals surface area contributed by atoms with Crippen LogP contribution in [0.3, 0.4) is 0 Å². The highest BCUT2D eigenvalue weighted by molar-refractivity contribution is 5.04. The Morgan fingerprint density at radius 2 is 2.33 bits per heavy atom. The van der Waals surface area contributed by atoms with E-state index < -0.39 is 0 Å². The lowest BCUT2D eigenvalue weighted by molar-refractivity contribution is 0.144. The fraction of sp³-hybridized carbons (Fsp3) is 0.714. The molecule has 0 aromatic carbocycles. The van der Waals surface area contributed by atoms with Crippen LogP contribution in [0, 0.1) is 0 Å². The molecule has 0 fully saturated rings. The number of likely N-dealkylation sites (N-methyl/N-ethyl adjacent to an activating group) is 1. The number of ether oxygens (including phenoxy) is 1. The van der Waals surface area contributed by atoms with Gasteiger partial charge in [0.15, 0.2) is 0 Å². The molecule has 1 rings (SSSR count). The monoisotopic (exact) mass is 254 g/mol. The Morgan fingerprint density at radius 3 is 3.00 bits per heavy atom. The molecule has 0 aliphatic heterocycles. The standard InChI is InChI=1S/C14H26N2O2/c1-4-17-8-5-7-15-10-13(2)16(3)11-14-6-9-18-12-14/h6,9,12-13,15H,4-5,7-8,10-11H2,1-3H3. The average molecular weight is 254 g/mol. The lowest BCUT2D eigenvalue weighted by Crippen LogP contribution is -2.37. The van der Waals surface area contributed by atoms with Crippen molar-refractivity contribution in [3.8, 4) is 0 Å². The molecule has 0 saturated carbocycles. The molecular weight excluding hydrogens is 228 g/mol. The van der Waals surface area contributed by atoms with E-state index in [0.717, 1.165) is 39.3 Å². The number of rotatable bonds is 10. The van der Waals surface area contributed by atoms with Gasteiger partial charge in [0.2, 0.25) is 0 Å². The molecule has 0 amide bonds. The molecule has 1 unspecified atom stereocenters. The van der Waals surface area contributed by atoms with Crippen LogP contribution >= 0.6 is 0 Å². The minimum absolute atomic E-state index is 0.506. The predicted octanol–water partition coefficient (Wildman–Crippen LogP) is 2.12. The van der Waals surface area contributed by atoms with Crippen molar-refractivity contribution in [1.82, 2.24) is 10.2 Å². The number of nitrogens with one attached hydrogen (secondary N) is 1. The highest BCUT2D eigenvalue weighted by atomic mass is 16.5. The second-order valence-corrected chi connectivity index (χ2v) is 4.65. The Bertz CT molecular complexity index is 288. The van der Waals surface area contributed by atoms with Crippen molar-refractivity contribution in [3.05, 3.63) is 24.2 Å². The molecular formula is C14H26N2O2. The van der Waals surface area contributed by atoms with Crippen LogP contribution in [0.25, 0.3) is 0 Å². The van der Waals surface area contributed by atoms with Crippen molar-refractivity contribution in [1.29, 1.82) is 0 Å². The van der Waals surface area contributed by atoms with Crippen molar-refractivity contribution in [2.45, 2.75) is 32.9 Å². The van der Waals surface area contributed by atoms with E-state index >= 15 is 0 Å². The van der Waals surface area contributed by atoms with Crippen molar-refractivity contribution >= 4 is 0 Å². The van der Waals surface area contributed by atoms with E-state index in [1.54, 1.807) is 12.5 Å². The van der Waals surface area contributed by atoms with Crippen molar-refractivity contribution < 1.29 is 9.15 Å². The fourth-order valence-electron chi connectivity index (χ4n) is 1.74. The fourth-order valence-corrected chi connectivity index (χ4v) is 1.74. The van der Waals surface area contributed by atoms with Crippen molar-refractivity contribution in [2.75, 3.05) is 33.4 Å². The van der Waals surface area contributed by atoms with Crippen LogP contribution in [0.4, 0.5) is 0 Å². The summed E-state index contributed by atoms with van der Waals surface area (Å²) in [7, 11) is 2.14. The summed E-state index contributed by atoms with van der Waals surface area (Å²) in [5.74, 6) is 0. The molecule has 0 saturated heterocycles. The summed E-state index contributed by atoms with van der Waals surface area (Å²) >= 11 is 0. The van der Waals surface area contributed by atoms with Gasteiger partial charge in [-0.2, -0.15) is 0 Å². The summed E-state index contributed by atoms with van der Waals surface area (Å²) in [5.41, 5.74) is 1.22. The molecule has 104 valence electrons. The summed E-state index contributed by atoms with van der Waals surface area (Å²) in [5, 5.41) is 3.46. The smallest absolute Gasteiger partial charge is 0.0947 e. The Kier molecular flexibility index (Phi) is 7.73. The van der Waals surface area contributed by atoms with Crippen LogP contribution in [-0.4, -0.2) is 44.3 Å². The average Bonchev–Trinajstić information content (AvgIpc) is 2.86. The zero-order valence-corrected chi connectivity index (χ0v) is 11.8. The third-order valence-corrected chi connectivity index (χ3v) is 3.05. The van der Waals surface area contributed by atoms with E-state index in [4.69, 9.17) is 9.15 Å². The molecule has 1 N–H and O–H groups in total. The van der Waals surface area contributed by atoms with Gasteiger partial charge in [-0.1, -0.05) is 0 Å². The summed E-state index contributed by atoms with van der Waals surface area (Å²) in [4.78, 5) is 2.32. The number of hydrogen-bond acceptors (Lipinski definition) is 4. The molecule has 0 aliphatic carbocycles. The van der Waals surface area contributed by atoms with Crippen molar-refractivity contribution in [2.24, 2.45) is 0 Å². The van der Waals surface area contributed by atoms with Gasteiger partial charge in [0.05, 0.1) is 12.5 Å². The third-order valence-electron chi connectivity index (χ3n) is 3.05. The largest absolute Gasteiger partial charge is 0.472 e. The van der Waals surface area contributed by atoms with Crippen LogP contribution < -0.4 is 5.32 Å². The Balaban J connectivity index is 2.06. The number of furan rings is 1. The van der Waals surface area contributed by atoms with E-state index in [1.807, 2.05) is 13.0 Å². The highest BCUT2D eigenvalue weighted by Crippen LogP contribution is 2.06. The molecule has 1 aromatic rings. The Morgan fingerprint density at radius 1 is 1.50 bits per heavy atom.